The number of rotatable bonds is 2. The predicted molar refractivity (Wildman–Crippen MR) is 75.2 cm³/mol. The molecule has 0 saturated heterocycles. The molecule has 0 nitrogen and oxygen atoms in total. The number of benzene rings is 2. The highest BCUT2D eigenvalue weighted by atomic mass is 127. The van der Waals surface area contributed by atoms with Crippen LogP contribution in [-0.4, -0.2) is 0 Å². The van der Waals surface area contributed by atoms with Crippen LogP contribution < -0.4 is 21.2 Å². The van der Waals surface area contributed by atoms with Crippen LogP contribution in [0.3, 0.4) is 0 Å². The maximum absolute atomic E-state index is 2.25. The van der Waals surface area contributed by atoms with E-state index in [4.69, 9.17) is 0 Å². The Balaban J connectivity index is 0.00000128. The predicted octanol–water partition coefficient (Wildman–Crippen LogP) is 1.05. The maximum atomic E-state index is 2.25. The van der Waals surface area contributed by atoms with Crippen molar-refractivity contribution in [2.45, 2.75) is 13.8 Å². The van der Waals surface area contributed by atoms with Gasteiger partial charge in [0.2, 0.25) is 0 Å². The first kappa shape index (κ1) is 14.0. The lowest BCUT2D eigenvalue weighted by Crippen LogP contribution is -3.61. The van der Waals surface area contributed by atoms with E-state index in [1.54, 1.807) is 0 Å². The summed E-state index contributed by atoms with van der Waals surface area (Å²) in [6, 6.07) is 17.8. The monoisotopic (exact) mass is 437 g/mol. The van der Waals surface area contributed by atoms with Gasteiger partial charge in [-0.15, -0.1) is 24.0 Å². The fourth-order valence-electron chi connectivity index (χ4n) is 1.32. The first-order valence-corrected chi connectivity index (χ1v) is 7.18. The van der Waals surface area contributed by atoms with E-state index in [9.17, 15) is 0 Å². The summed E-state index contributed by atoms with van der Waals surface area (Å²) in [5.74, 6) is 0. The van der Waals surface area contributed by atoms with Crippen molar-refractivity contribution in [2.24, 2.45) is 0 Å². The molecule has 0 radical (unpaired) electrons. The number of aryl methyl sites for hydroxylation is 2. The van der Waals surface area contributed by atoms with Crippen molar-refractivity contribution in [3.63, 3.8) is 0 Å². The molecule has 84 valence electrons. The molecule has 0 aliphatic heterocycles. The van der Waals surface area contributed by atoms with E-state index in [1.807, 2.05) is 0 Å². The van der Waals surface area contributed by atoms with Crippen molar-refractivity contribution >= 4 is 24.0 Å². The van der Waals surface area contributed by atoms with Gasteiger partial charge in [0, 0.05) is 0 Å². The Kier molecular flexibility index (Phi) is 5.75. The summed E-state index contributed by atoms with van der Waals surface area (Å²) in [5.41, 5.74) is 2.68. The van der Waals surface area contributed by atoms with Gasteiger partial charge in [-0.1, -0.05) is 35.4 Å². The molecule has 0 atom stereocenters. The molecule has 2 aromatic rings. The standard InChI is InChI=1S/C14H14I.HI/c1-11-3-7-13(8-4-11)15-14-9-5-12(2)6-10-14;/h3-10H,1-2H3;1H/q+1;. The van der Waals surface area contributed by atoms with Gasteiger partial charge in [-0.3, -0.25) is 0 Å². The highest BCUT2D eigenvalue weighted by Gasteiger charge is 2.13. The Morgan fingerprint density at radius 3 is 1.25 bits per heavy atom. The normalized spacial score (nSPS) is 9.62. The average molecular weight is 437 g/mol. The minimum Gasteiger partial charge on any atom is -0.107 e. The van der Waals surface area contributed by atoms with E-state index < -0.39 is 0 Å². The summed E-state index contributed by atoms with van der Waals surface area (Å²) >= 11 is 0.00313. The highest BCUT2D eigenvalue weighted by molar-refractivity contribution is 14.0. The quantitative estimate of drug-likeness (QED) is 0.617. The molecule has 2 aromatic carbocycles. The van der Waals surface area contributed by atoms with Crippen LogP contribution in [0.25, 0.3) is 0 Å². The second-order valence-electron chi connectivity index (χ2n) is 3.69. The van der Waals surface area contributed by atoms with Crippen LogP contribution in [0, 0.1) is 21.0 Å². The van der Waals surface area contributed by atoms with Gasteiger partial charge < -0.3 is 0 Å². The van der Waals surface area contributed by atoms with Gasteiger partial charge in [0.05, 0.1) is 0 Å². The van der Waals surface area contributed by atoms with Crippen LogP contribution in [0.4, 0.5) is 0 Å². The van der Waals surface area contributed by atoms with Crippen molar-refractivity contribution in [1.82, 2.24) is 0 Å². The molecule has 0 amide bonds. The van der Waals surface area contributed by atoms with Gasteiger partial charge in [-0.2, -0.15) is 0 Å². The molecular weight excluding hydrogens is 422 g/mol. The van der Waals surface area contributed by atoms with Crippen LogP contribution in [-0.2, 0) is 0 Å². The third kappa shape index (κ3) is 4.05. The summed E-state index contributed by atoms with van der Waals surface area (Å²) in [5, 5.41) is 0. The van der Waals surface area contributed by atoms with Crippen molar-refractivity contribution in [1.29, 1.82) is 0 Å². The molecule has 2 rings (SSSR count). The van der Waals surface area contributed by atoms with Crippen LogP contribution in [0.1, 0.15) is 11.1 Å². The Bertz CT molecular complexity index is 386. The van der Waals surface area contributed by atoms with Crippen molar-refractivity contribution in [3.8, 4) is 0 Å². The molecule has 0 spiro atoms. The van der Waals surface area contributed by atoms with Crippen LogP contribution in [0.5, 0.6) is 0 Å². The minimum absolute atomic E-state index is 0. The van der Waals surface area contributed by atoms with Crippen LogP contribution >= 0.6 is 24.0 Å². The molecule has 16 heavy (non-hydrogen) atoms. The van der Waals surface area contributed by atoms with Gasteiger partial charge >= 0.3 is 21.2 Å². The Morgan fingerprint density at radius 1 is 0.625 bits per heavy atom. The molecule has 0 aliphatic rings. The van der Waals surface area contributed by atoms with E-state index in [1.165, 1.54) is 18.3 Å². The summed E-state index contributed by atoms with van der Waals surface area (Å²) < 4.78 is 2.98. The maximum Gasteiger partial charge on any atom is 0.357 e. The topological polar surface area (TPSA) is 0 Å². The molecule has 2 heteroatoms. The smallest absolute Gasteiger partial charge is 0.107 e. The SMILES string of the molecule is Cc1ccc([I+]c2ccc(C)cc2)cc1.I. The number of halogens is 2. The first-order valence-electron chi connectivity index (χ1n) is 5.02. The van der Waals surface area contributed by atoms with Gasteiger partial charge in [0.15, 0.2) is 7.14 Å². The van der Waals surface area contributed by atoms with E-state index in [0.717, 1.165) is 0 Å². The first-order chi connectivity index (χ1) is 7.24. The zero-order valence-electron chi connectivity index (χ0n) is 9.41. The summed E-state index contributed by atoms with van der Waals surface area (Å²) in [6.07, 6.45) is 0. The second-order valence-corrected chi connectivity index (χ2v) is 6.72. The molecular formula is C14H15I2+. The lowest BCUT2D eigenvalue weighted by Gasteiger charge is -1.90. The van der Waals surface area contributed by atoms with Gasteiger partial charge in [-0.05, 0) is 38.1 Å². The lowest BCUT2D eigenvalue weighted by molar-refractivity contribution is -0.597. The van der Waals surface area contributed by atoms with Gasteiger partial charge in [0.1, 0.15) is 0 Å². The zero-order chi connectivity index (χ0) is 10.7. The fourth-order valence-corrected chi connectivity index (χ4v) is 3.48. The van der Waals surface area contributed by atoms with Crippen molar-refractivity contribution < 1.29 is 21.2 Å². The van der Waals surface area contributed by atoms with E-state index in [0.29, 0.717) is 0 Å². The zero-order valence-corrected chi connectivity index (χ0v) is 13.9. The average Bonchev–Trinajstić information content (AvgIpc) is 2.25. The van der Waals surface area contributed by atoms with Crippen molar-refractivity contribution in [2.75, 3.05) is 0 Å². The van der Waals surface area contributed by atoms with Gasteiger partial charge in [-0.25, -0.2) is 0 Å². The Hall–Kier alpha value is -0.100. The Morgan fingerprint density at radius 2 is 0.938 bits per heavy atom. The van der Waals surface area contributed by atoms with Crippen LogP contribution in [0.2, 0.25) is 0 Å². The summed E-state index contributed by atoms with van der Waals surface area (Å²) in [7, 11) is 0. The van der Waals surface area contributed by atoms with E-state index in [-0.39, 0.29) is 45.2 Å². The Labute approximate surface area is 125 Å². The third-order valence-corrected chi connectivity index (χ3v) is 4.92. The minimum atomic E-state index is 0. The molecule has 0 heterocycles. The molecule has 0 unspecified atom stereocenters. The molecule has 0 fully saturated rings. The number of hydrogen-bond donors (Lipinski definition) is 0. The lowest BCUT2D eigenvalue weighted by atomic mass is 10.2. The van der Waals surface area contributed by atoms with E-state index >= 15 is 0 Å². The summed E-state index contributed by atoms with van der Waals surface area (Å²) in [6.45, 7) is 4.27. The number of hydrogen-bond acceptors (Lipinski definition) is 0. The van der Waals surface area contributed by atoms with E-state index in [2.05, 4.69) is 62.4 Å². The van der Waals surface area contributed by atoms with Gasteiger partial charge in [0.25, 0.3) is 0 Å². The second kappa shape index (κ2) is 6.59. The highest BCUT2D eigenvalue weighted by Crippen LogP contribution is 1.95. The van der Waals surface area contributed by atoms with Crippen molar-refractivity contribution in [3.05, 3.63) is 66.8 Å². The third-order valence-electron chi connectivity index (χ3n) is 2.24. The molecule has 0 saturated carbocycles. The molecule has 0 bridgehead atoms. The molecule has 0 N–H and O–H groups in total. The fraction of sp³-hybridized carbons (Fsp3) is 0.143. The largest absolute Gasteiger partial charge is 0.357 e. The molecule has 0 aliphatic carbocycles. The summed E-state index contributed by atoms with van der Waals surface area (Å²) in [4.78, 5) is 0. The molecule has 0 aromatic heterocycles. The van der Waals surface area contributed by atoms with Crippen LogP contribution in [0.15, 0.2) is 48.5 Å².